The number of fused-ring (bicyclic) bond motifs is 4. The highest BCUT2D eigenvalue weighted by Gasteiger charge is 2.45. The Labute approximate surface area is 120 Å². The van der Waals surface area contributed by atoms with Gasteiger partial charge in [-0.3, -0.25) is 4.79 Å². The average molecular weight is 270 g/mol. The fourth-order valence-electron chi connectivity index (χ4n) is 4.45. The first-order valence-electron chi connectivity index (χ1n) is 7.88. The molecule has 1 aromatic rings. The van der Waals surface area contributed by atoms with Crippen LogP contribution in [0.15, 0.2) is 18.2 Å². The van der Waals surface area contributed by atoms with E-state index in [-0.39, 0.29) is 5.92 Å². The molecule has 3 atom stereocenters. The molecule has 1 aromatic carbocycles. The number of rotatable bonds is 0. The summed E-state index contributed by atoms with van der Waals surface area (Å²) in [7, 11) is 0. The summed E-state index contributed by atoms with van der Waals surface area (Å²) in [6, 6.07) is 7.27. The van der Waals surface area contributed by atoms with E-state index in [1.54, 1.807) is 0 Å². The summed E-state index contributed by atoms with van der Waals surface area (Å²) in [5, 5.41) is 3.59. The van der Waals surface area contributed by atoms with Crippen LogP contribution in [0.5, 0.6) is 0 Å². The molecule has 0 bridgehead atoms. The van der Waals surface area contributed by atoms with Crippen LogP contribution in [-0.4, -0.2) is 29.9 Å². The second kappa shape index (κ2) is 4.59. The summed E-state index contributed by atoms with van der Waals surface area (Å²) < 4.78 is 0. The number of aryl methyl sites for hydroxylation is 1. The molecule has 20 heavy (non-hydrogen) atoms. The third-order valence-electron chi connectivity index (χ3n) is 5.41. The van der Waals surface area contributed by atoms with Gasteiger partial charge in [0.1, 0.15) is 0 Å². The van der Waals surface area contributed by atoms with Crippen molar-refractivity contribution in [2.24, 2.45) is 5.92 Å². The van der Waals surface area contributed by atoms with Crippen LogP contribution >= 0.6 is 0 Å². The monoisotopic (exact) mass is 270 g/mol. The zero-order valence-electron chi connectivity index (χ0n) is 12.1. The second-order valence-corrected chi connectivity index (χ2v) is 6.49. The Balaban J connectivity index is 1.74. The molecule has 3 unspecified atom stereocenters. The first kappa shape index (κ1) is 12.4. The van der Waals surface area contributed by atoms with Gasteiger partial charge in [-0.2, -0.15) is 0 Å². The normalized spacial score (nSPS) is 32.4. The summed E-state index contributed by atoms with van der Waals surface area (Å²) in [6.45, 7) is 4.16. The van der Waals surface area contributed by atoms with E-state index >= 15 is 0 Å². The van der Waals surface area contributed by atoms with Crippen LogP contribution in [0.1, 0.15) is 42.0 Å². The van der Waals surface area contributed by atoms with Crippen LogP contribution in [0.4, 0.5) is 0 Å². The number of nitrogens with one attached hydrogen (secondary N) is 1. The molecule has 106 valence electrons. The Bertz CT molecular complexity index is 554. The van der Waals surface area contributed by atoms with Gasteiger partial charge >= 0.3 is 0 Å². The van der Waals surface area contributed by atoms with E-state index in [0.717, 1.165) is 38.8 Å². The molecular formula is C17H22N2O. The van der Waals surface area contributed by atoms with Crippen molar-refractivity contribution in [2.75, 3.05) is 13.1 Å². The molecule has 0 aromatic heterocycles. The Morgan fingerprint density at radius 2 is 2.25 bits per heavy atom. The molecule has 0 aliphatic carbocycles. The number of benzene rings is 1. The molecular weight excluding hydrogens is 248 g/mol. The number of piperidine rings is 2. The molecule has 4 rings (SSSR count). The van der Waals surface area contributed by atoms with Gasteiger partial charge in [0.15, 0.2) is 0 Å². The van der Waals surface area contributed by atoms with Crippen molar-refractivity contribution in [3.63, 3.8) is 0 Å². The topological polar surface area (TPSA) is 32.3 Å². The molecule has 0 radical (unpaired) electrons. The maximum Gasteiger partial charge on any atom is 0.227 e. The SMILES string of the molecule is Cc1cccc2c1C1CC3NCCCC3C(=O)N1CC2. The fraction of sp³-hybridized carbons (Fsp3) is 0.588. The number of amides is 1. The molecule has 1 N–H and O–H groups in total. The van der Waals surface area contributed by atoms with Gasteiger partial charge in [-0.05, 0) is 55.8 Å². The van der Waals surface area contributed by atoms with Crippen LogP contribution in [0.3, 0.4) is 0 Å². The van der Waals surface area contributed by atoms with Crippen molar-refractivity contribution < 1.29 is 4.79 Å². The van der Waals surface area contributed by atoms with Crippen molar-refractivity contribution in [1.82, 2.24) is 10.2 Å². The molecule has 3 heterocycles. The third-order valence-corrected chi connectivity index (χ3v) is 5.41. The van der Waals surface area contributed by atoms with Gasteiger partial charge in [0.2, 0.25) is 5.91 Å². The Hall–Kier alpha value is -1.35. The fourth-order valence-corrected chi connectivity index (χ4v) is 4.45. The van der Waals surface area contributed by atoms with E-state index in [2.05, 4.69) is 35.3 Å². The number of carbonyl (C=O) groups is 1. The first-order chi connectivity index (χ1) is 9.75. The Morgan fingerprint density at radius 3 is 3.15 bits per heavy atom. The number of hydrogen-bond acceptors (Lipinski definition) is 2. The number of nitrogens with zero attached hydrogens (tertiary/aromatic N) is 1. The van der Waals surface area contributed by atoms with Crippen LogP contribution < -0.4 is 5.32 Å². The quantitative estimate of drug-likeness (QED) is 0.784. The van der Waals surface area contributed by atoms with Crippen molar-refractivity contribution in [1.29, 1.82) is 0 Å². The minimum Gasteiger partial charge on any atom is -0.335 e. The van der Waals surface area contributed by atoms with Crippen molar-refractivity contribution >= 4 is 5.91 Å². The molecule has 0 saturated carbocycles. The summed E-state index contributed by atoms with van der Waals surface area (Å²) in [6.07, 6.45) is 4.32. The van der Waals surface area contributed by atoms with Crippen LogP contribution in [0.25, 0.3) is 0 Å². The van der Waals surface area contributed by atoms with E-state index in [1.807, 2.05) is 0 Å². The van der Waals surface area contributed by atoms with Crippen LogP contribution in [0, 0.1) is 12.8 Å². The van der Waals surface area contributed by atoms with Gasteiger partial charge in [-0.15, -0.1) is 0 Å². The maximum absolute atomic E-state index is 12.8. The zero-order chi connectivity index (χ0) is 13.7. The minimum atomic E-state index is 0.227. The molecule has 2 fully saturated rings. The van der Waals surface area contributed by atoms with E-state index in [9.17, 15) is 4.79 Å². The van der Waals surface area contributed by atoms with E-state index in [0.29, 0.717) is 18.0 Å². The third kappa shape index (κ3) is 1.72. The molecule has 3 aliphatic rings. The second-order valence-electron chi connectivity index (χ2n) is 6.49. The first-order valence-corrected chi connectivity index (χ1v) is 7.88. The lowest BCUT2D eigenvalue weighted by Crippen LogP contribution is -2.57. The van der Waals surface area contributed by atoms with Gasteiger partial charge in [0, 0.05) is 12.6 Å². The standard InChI is InChI=1S/C17H22N2O/c1-11-4-2-5-12-7-9-19-15(16(11)12)10-14-13(17(19)20)6-3-8-18-14/h2,4-5,13-15,18H,3,6-10H2,1H3. The van der Waals surface area contributed by atoms with Gasteiger partial charge < -0.3 is 10.2 Å². The summed E-state index contributed by atoms with van der Waals surface area (Å²) in [5.41, 5.74) is 4.23. The largest absolute Gasteiger partial charge is 0.335 e. The van der Waals surface area contributed by atoms with Gasteiger partial charge in [0.05, 0.1) is 12.0 Å². The number of carbonyl (C=O) groups excluding carboxylic acids is 1. The zero-order valence-corrected chi connectivity index (χ0v) is 12.1. The summed E-state index contributed by atoms with van der Waals surface area (Å²) in [4.78, 5) is 15.0. The minimum absolute atomic E-state index is 0.227. The Morgan fingerprint density at radius 1 is 1.35 bits per heavy atom. The van der Waals surface area contributed by atoms with E-state index < -0.39 is 0 Å². The van der Waals surface area contributed by atoms with Crippen molar-refractivity contribution in [3.8, 4) is 0 Å². The summed E-state index contributed by atoms with van der Waals surface area (Å²) in [5.74, 6) is 0.623. The molecule has 0 spiro atoms. The van der Waals surface area contributed by atoms with Crippen LogP contribution in [0.2, 0.25) is 0 Å². The molecule has 3 aliphatic heterocycles. The maximum atomic E-state index is 12.8. The molecule has 3 nitrogen and oxygen atoms in total. The highest BCUT2D eigenvalue weighted by molar-refractivity contribution is 5.81. The lowest BCUT2D eigenvalue weighted by molar-refractivity contribution is -0.145. The number of hydrogen-bond donors (Lipinski definition) is 1. The Kier molecular flexibility index (Phi) is 2.84. The van der Waals surface area contributed by atoms with E-state index in [4.69, 9.17) is 0 Å². The smallest absolute Gasteiger partial charge is 0.227 e. The lowest BCUT2D eigenvalue weighted by atomic mass is 9.76. The van der Waals surface area contributed by atoms with Gasteiger partial charge in [-0.1, -0.05) is 18.2 Å². The highest BCUT2D eigenvalue weighted by atomic mass is 16.2. The highest BCUT2D eigenvalue weighted by Crippen LogP contribution is 2.42. The molecule has 1 amide bonds. The lowest BCUT2D eigenvalue weighted by Gasteiger charge is -2.48. The van der Waals surface area contributed by atoms with Crippen LogP contribution in [-0.2, 0) is 11.2 Å². The summed E-state index contributed by atoms with van der Waals surface area (Å²) >= 11 is 0. The predicted octanol–water partition coefficient (Wildman–Crippen LogP) is 2.19. The van der Waals surface area contributed by atoms with Gasteiger partial charge in [-0.25, -0.2) is 0 Å². The predicted molar refractivity (Wildman–Crippen MR) is 78.5 cm³/mol. The molecule has 2 saturated heterocycles. The van der Waals surface area contributed by atoms with Crippen molar-refractivity contribution in [2.45, 2.75) is 44.7 Å². The molecule has 3 heteroatoms. The average Bonchev–Trinajstić information content (AvgIpc) is 2.47. The van der Waals surface area contributed by atoms with E-state index in [1.165, 1.54) is 16.7 Å². The van der Waals surface area contributed by atoms with Gasteiger partial charge in [0.25, 0.3) is 0 Å². The van der Waals surface area contributed by atoms with Crippen molar-refractivity contribution in [3.05, 3.63) is 34.9 Å².